The number of nitrogens with zero attached hydrogens (tertiary/aromatic N) is 3. The summed E-state index contributed by atoms with van der Waals surface area (Å²) in [5.41, 5.74) is 2.37. The van der Waals surface area contributed by atoms with Crippen molar-refractivity contribution in [1.82, 2.24) is 14.7 Å². The van der Waals surface area contributed by atoms with E-state index in [1.54, 1.807) is 18.3 Å². The Balaban J connectivity index is 1.57. The number of hydrogen-bond acceptors (Lipinski definition) is 9. The Hall–Kier alpha value is -2.93. The van der Waals surface area contributed by atoms with Crippen LogP contribution in [-0.4, -0.2) is 58.3 Å². The second-order valence-corrected chi connectivity index (χ2v) is 10.3. The smallest absolute Gasteiger partial charge is 0.240 e. The molecule has 1 saturated heterocycles. The molecule has 0 spiro atoms. The van der Waals surface area contributed by atoms with Gasteiger partial charge in [0.25, 0.3) is 0 Å². The molecule has 0 bridgehead atoms. The van der Waals surface area contributed by atoms with Gasteiger partial charge in [0.15, 0.2) is 0 Å². The average molecular weight is 563 g/mol. The van der Waals surface area contributed by atoms with Crippen LogP contribution in [0, 0.1) is 0 Å². The van der Waals surface area contributed by atoms with Gasteiger partial charge in [0.2, 0.25) is 16.0 Å². The van der Waals surface area contributed by atoms with Crippen LogP contribution >= 0.6 is 15.9 Å². The van der Waals surface area contributed by atoms with Gasteiger partial charge in [-0.25, -0.2) is 18.1 Å². The van der Waals surface area contributed by atoms with E-state index in [2.05, 4.69) is 46.2 Å². The zero-order chi connectivity index (χ0) is 24.8. The zero-order valence-electron chi connectivity index (χ0n) is 19.4. The van der Waals surface area contributed by atoms with Gasteiger partial charge in [-0.2, -0.15) is 4.98 Å². The number of nitrogens with one attached hydrogen (secondary N) is 3. The third kappa shape index (κ3) is 6.20. The lowest BCUT2D eigenvalue weighted by Gasteiger charge is -2.29. The van der Waals surface area contributed by atoms with Crippen LogP contribution in [-0.2, 0) is 14.8 Å². The second-order valence-electron chi connectivity index (χ2n) is 7.59. The van der Waals surface area contributed by atoms with Crippen LogP contribution in [0.4, 0.5) is 28.8 Å². The maximum absolute atomic E-state index is 12.1. The van der Waals surface area contributed by atoms with Crippen molar-refractivity contribution in [1.29, 1.82) is 0 Å². The minimum absolute atomic E-state index is 0.148. The van der Waals surface area contributed by atoms with E-state index in [0.717, 1.165) is 24.5 Å². The molecule has 186 valence electrons. The molecule has 4 rings (SSSR count). The lowest BCUT2D eigenvalue weighted by Crippen LogP contribution is -2.36. The molecule has 2 aromatic carbocycles. The Bertz CT molecular complexity index is 1280. The van der Waals surface area contributed by atoms with Gasteiger partial charge in [-0.3, -0.25) is 0 Å². The van der Waals surface area contributed by atoms with Crippen molar-refractivity contribution in [3.8, 4) is 5.75 Å². The topological polar surface area (TPSA) is 118 Å². The van der Waals surface area contributed by atoms with Crippen molar-refractivity contribution < 1.29 is 17.9 Å². The van der Waals surface area contributed by atoms with Crippen LogP contribution in [0.2, 0.25) is 0 Å². The molecule has 3 aromatic rings. The molecular formula is C23H27BrN6O4S. The highest BCUT2D eigenvalue weighted by atomic mass is 79.9. The van der Waals surface area contributed by atoms with Gasteiger partial charge >= 0.3 is 0 Å². The van der Waals surface area contributed by atoms with Crippen LogP contribution < -0.4 is 25.0 Å². The summed E-state index contributed by atoms with van der Waals surface area (Å²) >= 11 is 3.45. The van der Waals surface area contributed by atoms with Gasteiger partial charge in [-0.05, 0) is 60.2 Å². The fraction of sp³-hybridized carbons (Fsp3) is 0.304. The molecule has 1 aliphatic rings. The van der Waals surface area contributed by atoms with Crippen molar-refractivity contribution in [2.24, 2.45) is 0 Å². The maximum atomic E-state index is 12.1. The Kier molecular flexibility index (Phi) is 8.06. The third-order valence-corrected chi connectivity index (χ3v) is 7.30. The van der Waals surface area contributed by atoms with Crippen molar-refractivity contribution in [3.63, 3.8) is 0 Å². The van der Waals surface area contributed by atoms with Gasteiger partial charge in [0.05, 0.1) is 34.9 Å². The quantitative estimate of drug-likeness (QED) is 0.357. The van der Waals surface area contributed by atoms with Gasteiger partial charge in [0, 0.05) is 36.7 Å². The molecule has 0 amide bonds. The van der Waals surface area contributed by atoms with E-state index in [4.69, 9.17) is 9.47 Å². The number of anilines is 5. The van der Waals surface area contributed by atoms with Crippen molar-refractivity contribution in [2.75, 3.05) is 55.5 Å². The largest absolute Gasteiger partial charge is 0.492 e. The molecule has 1 aliphatic heterocycles. The lowest BCUT2D eigenvalue weighted by molar-refractivity contribution is 0.122. The minimum Gasteiger partial charge on any atom is -0.492 e. The van der Waals surface area contributed by atoms with E-state index in [1.165, 1.54) is 19.2 Å². The summed E-state index contributed by atoms with van der Waals surface area (Å²) in [6, 6.07) is 12.4. The summed E-state index contributed by atoms with van der Waals surface area (Å²) in [7, 11) is -2.19. The summed E-state index contributed by atoms with van der Waals surface area (Å²) in [4.78, 5) is 11.3. The number of sulfonamides is 1. The van der Waals surface area contributed by atoms with E-state index in [1.807, 2.05) is 25.1 Å². The van der Waals surface area contributed by atoms with Crippen molar-refractivity contribution in [2.45, 2.75) is 11.8 Å². The summed E-state index contributed by atoms with van der Waals surface area (Å²) < 4.78 is 38.5. The van der Waals surface area contributed by atoms with Crippen LogP contribution in [0.3, 0.4) is 0 Å². The van der Waals surface area contributed by atoms with E-state index in [0.29, 0.717) is 47.5 Å². The molecule has 1 aromatic heterocycles. The van der Waals surface area contributed by atoms with E-state index >= 15 is 0 Å². The van der Waals surface area contributed by atoms with E-state index in [9.17, 15) is 8.42 Å². The average Bonchev–Trinajstić information content (AvgIpc) is 2.88. The first kappa shape index (κ1) is 25.2. The fourth-order valence-electron chi connectivity index (χ4n) is 3.54. The highest BCUT2D eigenvalue weighted by Crippen LogP contribution is 2.33. The Morgan fingerprint density at radius 2 is 1.94 bits per heavy atom. The molecule has 0 aliphatic carbocycles. The monoisotopic (exact) mass is 562 g/mol. The molecule has 2 heterocycles. The van der Waals surface area contributed by atoms with E-state index < -0.39 is 10.0 Å². The summed E-state index contributed by atoms with van der Waals surface area (Å²) in [6.45, 7) is 5.53. The van der Waals surface area contributed by atoms with Crippen molar-refractivity contribution in [3.05, 3.63) is 53.1 Å². The van der Waals surface area contributed by atoms with Crippen LogP contribution in [0.1, 0.15) is 6.92 Å². The zero-order valence-corrected chi connectivity index (χ0v) is 21.8. The number of halogens is 1. The molecular weight excluding hydrogens is 536 g/mol. The summed E-state index contributed by atoms with van der Waals surface area (Å²) in [6.07, 6.45) is 1.62. The molecule has 12 heteroatoms. The number of morpholine rings is 1. The number of rotatable bonds is 9. The van der Waals surface area contributed by atoms with Gasteiger partial charge in [-0.15, -0.1) is 0 Å². The molecule has 3 N–H and O–H groups in total. The van der Waals surface area contributed by atoms with Gasteiger partial charge in [0.1, 0.15) is 11.6 Å². The predicted octanol–water partition coefficient (Wildman–Crippen LogP) is 3.87. The van der Waals surface area contributed by atoms with Gasteiger partial charge in [-0.1, -0.05) is 6.07 Å². The van der Waals surface area contributed by atoms with Gasteiger partial charge < -0.3 is 25.0 Å². The molecule has 1 fully saturated rings. The highest BCUT2D eigenvalue weighted by molar-refractivity contribution is 9.10. The lowest BCUT2D eigenvalue weighted by atomic mass is 10.2. The molecule has 35 heavy (non-hydrogen) atoms. The molecule has 0 radical (unpaired) electrons. The first-order chi connectivity index (χ1) is 16.9. The van der Waals surface area contributed by atoms with Crippen LogP contribution in [0.5, 0.6) is 5.75 Å². The normalized spacial score (nSPS) is 14.0. The molecule has 0 unspecified atom stereocenters. The van der Waals surface area contributed by atoms with E-state index in [-0.39, 0.29) is 4.90 Å². The van der Waals surface area contributed by atoms with Crippen molar-refractivity contribution >= 4 is 54.8 Å². The Morgan fingerprint density at radius 1 is 1.14 bits per heavy atom. The second kappa shape index (κ2) is 11.2. The standard InChI is InChI=1S/C23H27BrN6O4S/c1-3-34-21-14-17(30-9-11-33-12-10-30)7-8-20(21)28-23-26-15-19(24)22(29-23)27-16-5-4-6-18(13-16)35(31,32)25-2/h4-8,13-15,25H,3,9-12H2,1-2H3,(H2,26,27,28,29). The van der Waals surface area contributed by atoms with Crippen LogP contribution in [0.25, 0.3) is 0 Å². The Labute approximate surface area is 213 Å². The predicted molar refractivity (Wildman–Crippen MR) is 140 cm³/mol. The molecule has 0 atom stereocenters. The number of hydrogen-bond donors (Lipinski definition) is 3. The first-order valence-corrected chi connectivity index (χ1v) is 13.4. The fourth-order valence-corrected chi connectivity index (χ4v) is 4.60. The SMILES string of the molecule is CCOc1cc(N2CCOCC2)ccc1Nc1ncc(Br)c(Nc2cccc(S(=O)(=O)NC)c2)n1. The molecule has 0 saturated carbocycles. The maximum Gasteiger partial charge on any atom is 0.240 e. The highest BCUT2D eigenvalue weighted by Gasteiger charge is 2.16. The molecule has 10 nitrogen and oxygen atoms in total. The van der Waals surface area contributed by atoms with Crippen LogP contribution in [0.15, 0.2) is 58.0 Å². The number of benzene rings is 2. The minimum atomic E-state index is -3.57. The summed E-state index contributed by atoms with van der Waals surface area (Å²) in [5.74, 6) is 1.53. The summed E-state index contributed by atoms with van der Waals surface area (Å²) in [5, 5.41) is 6.38. The number of ether oxygens (including phenoxy) is 2. The first-order valence-electron chi connectivity index (χ1n) is 11.1. The number of aromatic nitrogens is 2. The third-order valence-electron chi connectivity index (χ3n) is 5.31. The Morgan fingerprint density at radius 3 is 2.69 bits per heavy atom.